The predicted octanol–water partition coefficient (Wildman–Crippen LogP) is 4.35. The smallest absolute Gasteiger partial charge is 0.490 e. The lowest BCUT2D eigenvalue weighted by Crippen LogP contribution is -2.44. The van der Waals surface area contributed by atoms with E-state index in [9.17, 15) is 10.1 Å². The van der Waals surface area contributed by atoms with Crippen LogP contribution in [-0.2, 0) is 9.31 Å². The number of hydrogen-bond donors (Lipinski definition) is 0. The van der Waals surface area contributed by atoms with Crippen molar-refractivity contribution in [2.75, 3.05) is 7.11 Å². The molecule has 0 aromatic heterocycles. The van der Waals surface area contributed by atoms with Gasteiger partial charge in [0.15, 0.2) is 5.75 Å². The van der Waals surface area contributed by atoms with Gasteiger partial charge in [0.05, 0.1) is 23.2 Å². The van der Waals surface area contributed by atoms with E-state index in [0.29, 0.717) is 5.46 Å². The Bertz CT molecular complexity index is 564. The molecule has 25 heavy (non-hydrogen) atoms. The summed E-state index contributed by atoms with van der Waals surface area (Å²) in [4.78, 5) is 10.6. The van der Waals surface area contributed by atoms with Crippen LogP contribution in [0.4, 0.5) is 5.69 Å². The van der Waals surface area contributed by atoms with Crippen LogP contribution in [0.5, 0.6) is 5.75 Å². The number of nitrogens with zero attached hydrogens (tertiary/aromatic N) is 1. The van der Waals surface area contributed by atoms with Gasteiger partial charge >= 0.3 is 12.8 Å². The molecule has 7 heteroatoms. The Kier molecular flexibility index (Phi) is 9.15. The Labute approximate surface area is 152 Å². The molecule has 1 aliphatic rings. The van der Waals surface area contributed by atoms with Crippen LogP contribution in [0.3, 0.4) is 0 Å². The third kappa shape index (κ3) is 4.95. The third-order valence-electron chi connectivity index (χ3n) is 4.39. The van der Waals surface area contributed by atoms with Crippen LogP contribution in [0.25, 0.3) is 0 Å². The van der Waals surface area contributed by atoms with Crippen molar-refractivity contribution in [1.29, 1.82) is 0 Å². The summed E-state index contributed by atoms with van der Waals surface area (Å²) in [6.45, 7) is 16.0. The van der Waals surface area contributed by atoms with Gasteiger partial charge in [0.25, 0.3) is 0 Å². The molecule has 2 rings (SSSR count). The van der Waals surface area contributed by atoms with Gasteiger partial charge < -0.3 is 14.0 Å². The van der Waals surface area contributed by atoms with Crippen molar-refractivity contribution in [2.24, 2.45) is 0 Å². The van der Waals surface area contributed by atoms with Gasteiger partial charge in [-0.05, 0) is 38.7 Å². The number of rotatable bonds is 4. The first-order chi connectivity index (χ1) is 11.7. The van der Waals surface area contributed by atoms with Gasteiger partial charge in [0.2, 0.25) is 0 Å². The molecule has 0 radical (unpaired) electrons. The van der Waals surface area contributed by atoms with Gasteiger partial charge in [0, 0.05) is 6.07 Å². The number of ether oxygens (including phenoxy) is 1. The van der Waals surface area contributed by atoms with Gasteiger partial charge in [-0.25, -0.2) is 0 Å². The van der Waals surface area contributed by atoms with E-state index in [1.54, 1.807) is 12.1 Å². The highest BCUT2D eigenvalue weighted by molar-refractivity contribution is 6.62. The molecule has 1 saturated heterocycles. The highest BCUT2D eigenvalue weighted by Gasteiger charge is 2.53. The summed E-state index contributed by atoms with van der Waals surface area (Å²) in [6.07, 6.45) is 0.786. The SMILES string of the molecule is CC.CC.CCC1(C)OB(c2ccc(OC)c([N+](=O)[O-])c2)OC1(C)C. The van der Waals surface area contributed by atoms with Gasteiger partial charge in [-0.1, -0.05) is 40.7 Å². The fourth-order valence-corrected chi connectivity index (χ4v) is 2.44. The van der Waals surface area contributed by atoms with Crippen LogP contribution in [0.15, 0.2) is 18.2 Å². The largest absolute Gasteiger partial charge is 0.495 e. The molecule has 1 aromatic carbocycles. The maximum atomic E-state index is 11.1. The lowest BCUT2D eigenvalue weighted by molar-refractivity contribution is -0.385. The standard InChI is InChI=1S/C14H20BNO5.2C2H6/c1-6-14(4)13(2,3)20-15(21-14)10-7-8-12(19-5)11(9-10)16(17)18;2*1-2/h7-9H,6H2,1-5H3;2*1-2H3. The number of benzene rings is 1. The van der Waals surface area contributed by atoms with Crippen molar-refractivity contribution in [3.63, 3.8) is 0 Å². The highest BCUT2D eigenvalue weighted by Crippen LogP contribution is 2.39. The molecular weight excluding hydrogens is 321 g/mol. The van der Waals surface area contributed by atoms with Crippen molar-refractivity contribution >= 4 is 18.3 Å². The van der Waals surface area contributed by atoms with Crippen LogP contribution < -0.4 is 10.2 Å². The van der Waals surface area contributed by atoms with Crippen molar-refractivity contribution in [1.82, 2.24) is 0 Å². The Balaban J connectivity index is 0.00000134. The number of nitro groups is 1. The van der Waals surface area contributed by atoms with E-state index in [4.69, 9.17) is 14.0 Å². The molecule has 0 N–H and O–H groups in total. The molecular formula is C18H32BNO5. The van der Waals surface area contributed by atoms with Gasteiger partial charge in [-0.2, -0.15) is 0 Å². The van der Waals surface area contributed by atoms with Crippen LogP contribution in [0, 0.1) is 10.1 Å². The van der Waals surface area contributed by atoms with Gasteiger partial charge in [-0.15, -0.1) is 0 Å². The van der Waals surface area contributed by atoms with Crippen molar-refractivity contribution in [3.05, 3.63) is 28.3 Å². The van der Waals surface area contributed by atoms with E-state index in [1.807, 2.05) is 55.4 Å². The van der Waals surface area contributed by atoms with E-state index in [2.05, 4.69) is 0 Å². The predicted molar refractivity (Wildman–Crippen MR) is 103 cm³/mol. The van der Waals surface area contributed by atoms with E-state index >= 15 is 0 Å². The summed E-state index contributed by atoms with van der Waals surface area (Å²) in [7, 11) is 0.788. The molecule has 0 aliphatic carbocycles. The minimum atomic E-state index is -0.616. The third-order valence-corrected chi connectivity index (χ3v) is 4.39. The molecule has 1 atom stereocenters. The lowest BCUT2D eigenvalue weighted by atomic mass is 9.79. The van der Waals surface area contributed by atoms with E-state index in [1.165, 1.54) is 13.2 Å². The average Bonchev–Trinajstić information content (AvgIpc) is 2.87. The quantitative estimate of drug-likeness (QED) is 0.457. The molecule has 1 heterocycles. The molecule has 0 saturated carbocycles. The summed E-state index contributed by atoms with van der Waals surface area (Å²) in [5.41, 5.74) is -0.383. The van der Waals surface area contributed by atoms with Crippen LogP contribution in [0.1, 0.15) is 61.8 Å². The molecule has 1 aliphatic heterocycles. The Morgan fingerprint density at radius 1 is 1.16 bits per heavy atom. The highest BCUT2D eigenvalue weighted by atomic mass is 16.7. The Morgan fingerprint density at radius 2 is 1.72 bits per heavy atom. The molecule has 1 aromatic rings. The van der Waals surface area contributed by atoms with E-state index in [0.717, 1.165) is 6.42 Å². The summed E-state index contributed by atoms with van der Waals surface area (Å²) >= 11 is 0. The first-order valence-corrected chi connectivity index (χ1v) is 8.92. The van der Waals surface area contributed by atoms with Gasteiger partial charge in [-0.3, -0.25) is 10.1 Å². The summed E-state index contributed by atoms with van der Waals surface area (Å²) < 4.78 is 17.0. The number of hydrogen-bond acceptors (Lipinski definition) is 5. The second-order valence-electron chi connectivity index (χ2n) is 5.85. The molecule has 1 unspecified atom stereocenters. The van der Waals surface area contributed by atoms with Crippen molar-refractivity contribution in [2.45, 2.75) is 73.0 Å². The van der Waals surface area contributed by atoms with E-state index < -0.39 is 23.2 Å². The maximum Gasteiger partial charge on any atom is 0.495 e. The van der Waals surface area contributed by atoms with Crippen LogP contribution >= 0.6 is 0 Å². The Morgan fingerprint density at radius 3 is 2.12 bits per heavy atom. The van der Waals surface area contributed by atoms with Crippen molar-refractivity contribution in [3.8, 4) is 5.75 Å². The second kappa shape index (κ2) is 9.78. The molecule has 0 spiro atoms. The first kappa shape index (κ1) is 23.4. The minimum Gasteiger partial charge on any atom is -0.490 e. The second-order valence-corrected chi connectivity index (χ2v) is 5.85. The Hall–Kier alpha value is -1.60. The zero-order chi connectivity index (χ0) is 19.8. The van der Waals surface area contributed by atoms with Gasteiger partial charge in [0.1, 0.15) is 0 Å². The summed E-state index contributed by atoms with van der Waals surface area (Å²) in [6, 6.07) is 4.74. The van der Waals surface area contributed by atoms with Crippen LogP contribution in [-0.4, -0.2) is 30.4 Å². The normalized spacial score (nSPS) is 20.8. The molecule has 1 fully saturated rings. The fraction of sp³-hybridized carbons (Fsp3) is 0.667. The molecule has 6 nitrogen and oxygen atoms in total. The topological polar surface area (TPSA) is 70.8 Å². The average molecular weight is 353 g/mol. The fourth-order valence-electron chi connectivity index (χ4n) is 2.44. The number of methoxy groups -OCH3 is 1. The monoisotopic (exact) mass is 353 g/mol. The lowest BCUT2D eigenvalue weighted by Gasteiger charge is -2.35. The molecule has 142 valence electrons. The maximum absolute atomic E-state index is 11.1. The zero-order valence-corrected chi connectivity index (χ0v) is 17.0. The van der Waals surface area contributed by atoms with Crippen molar-refractivity contribution < 1.29 is 19.0 Å². The van der Waals surface area contributed by atoms with Crippen LogP contribution in [0.2, 0.25) is 0 Å². The molecule has 0 bridgehead atoms. The first-order valence-electron chi connectivity index (χ1n) is 8.92. The summed E-state index contributed by atoms with van der Waals surface area (Å²) in [5, 5.41) is 11.1. The van der Waals surface area contributed by atoms with E-state index in [-0.39, 0.29) is 11.4 Å². The molecule has 0 amide bonds. The zero-order valence-electron chi connectivity index (χ0n) is 17.0. The number of nitro benzene ring substituents is 1. The summed E-state index contributed by atoms with van der Waals surface area (Å²) in [5.74, 6) is 0.222. The minimum absolute atomic E-state index is 0.0925.